The third-order valence-electron chi connectivity index (χ3n) is 4.40. The van der Waals surface area contributed by atoms with Gasteiger partial charge >= 0.3 is 11.9 Å². The molecule has 0 spiro atoms. The van der Waals surface area contributed by atoms with Gasteiger partial charge in [0, 0.05) is 0 Å². The van der Waals surface area contributed by atoms with Gasteiger partial charge in [-0.2, -0.15) is 0 Å². The van der Waals surface area contributed by atoms with Crippen molar-refractivity contribution >= 4 is 11.9 Å². The Morgan fingerprint density at radius 3 is 2.18 bits per heavy atom. The molecule has 0 saturated heterocycles. The van der Waals surface area contributed by atoms with Gasteiger partial charge in [0.15, 0.2) is 0 Å². The zero-order chi connectivity index (χ0) is 12.5. The Balaban J connectivity index is 2.19. The summed E-state index contributed by atoms with van der Waals surface area (Å²) >= 11 is 0. The van der Waals surface area contributed by atoms with E-state index >= 15 is 0 Å². The van der Waals surface area contributed by atoms with Crippen molar-refractivity contribution in [3.8, 4) is 0 Å². The molecule has 2 unspecified atom stereocenters. The first-order chi connectivity index (χ1) is 8.08. The molecule has 4 heteroatoms. The van der Waals surface area contributed by atoms with E-state index in [2.05, 4.69) is 0 Å². The number of carbonyl (C=O) groups is 2. The fourth-order valence-corrected chi connectivity index (χ4v) is 3.55. The molecule has 2 fully saturated rings. The van der Waals surface area contributed by atoms with Crippen molar-refractivity contribution in [1.29, 1.82) is 0 Å². The molecule has 0 aromatic rings. The summed E-state index contributed by atoms with van der Waals surface area (Å²) in [6, 6.07) is 0. The second-order valence-corrected chi connectivity index (χ2v) is 5.30. The Hall–Kier alpha value is -1.06. The van der Waals surface area contributed by atoms with Crippen molar-refractivity contribution in [1.82, 2.24) is 0 Å². The number of hydrogen-bond donors (Lipinski definition) is 0. The Kier molecular flexibility index (Phi) is 3.15. The SMILES string of the molecule is CCOC(=O)C12CCCC(C(=O)OC)(CC1)C2. The summed E-state index contributed by atoms with van der Waals surface area (Å²) < 4.78 is 10.1. The summed E-state index contributed by atoms with van der Waals surface area (Å²) in [5.74, 6) is -0.270. The lowest BCUT2D eigenvalue weighted by Gasteiger charge is -2.35. The molecule has 0 heterocycles. The van der Waals surface area contributed by atoms with Gasteiger partial charge in [-0.05, 0) is 39.0 Å². The van der Waals surface area contributed by atoms with Crippen LogP contribution in [-0.4, -0.2) is 25.7 Å². The average Bonchev–Trinajstić information content (AvgIpc) is 2.63. The van der Waals surface area contributed by atoms with E-state index in [0.717, 1.165) is 32.1 Å². The average molecular weight is 240 g/mol. The number of esters is 2. The van der Waals surface area contributed by atoms with Crippen LogP contribution in [0.5, 0.6) is 0 Å². The third-order valence-corrected chi connectivity index (χ3v) is 4.40. The normalized spacial score (nSPS) is 35.4. The van der Waals surface area contributed by atoms with Crippen LogP contribution in [0.25, 0.3) is 0 Å². The van der Waals surface area contributed by atoms with Gasteiger partial charge in [0.1, 0.15) is 0 Å². The number of rotatable bonds is 3. The molecule has 2 atom stereocenters. The highest BCUT2D eigenvalue weighted by Crippen LogP contribution is 2.59. The van der Waals surface area contributed by atoms with Gasteiger partial charge in [0.05, 0.1) is 24.5 Å². The smallest absolute Gasteiger partial charge is 0.312 e. The first kappa shape index (κ1) is 12.4. The van der Waals surface area contributed by atoms with E-state index in [1.165, 1.54) is 7.11 Å². The summed E-state index contributed by atoms with van der Waals surface area (Å²) in [5.41, 5.74) is -0.831. The topological polar surface area (TPSA) is 52.6 Å². The van der Waals surface area contributed by atoms with Gasteiger partial charge in [-0.3, -0.25) is 9.59 Å². The van der Waals surface area contributed by atoms with Crippen molar-refractivity contribution in [3.63, 3.8) is 0 Å². The van der Waals surface area contributed by atoms with Crippen LogP contribution in [0.15, 0.2) is 0 Å². The Labute approximate surface area is 102 Å². The molecule has 2 aliphatic carbocycles. The molecule has 0 aromatic heterocycles. The minimum atomic E-state index is -0.417. The Morgan fingerprint density at radius 2 is 1.65 bits per heavy atom. The second-order valence-electron chi connectivity index (χ2n) is 5.30. The number of hydrogen-bond acceptors (Lipinski definition) is 4. The molecule has 2 saturated carbocycles. The lowest BCUT2D eigenvalue weighted by Crippen LogP contribution is -2.39. The number of carbonyl (C=O) groups excluding carboxylic acids is 2. The molecular formula is C13H20O4. The fourth-order valence-electron chi connectivity index (χ4n) is 3.55. The van der Waals surface area contributed by atoms with Crippen molar-refractivity contribution < 1.29 is 19.1 Å². The van der Waals surface area contributed by atoms with Gasteiger partial charge in [0.2, 0.25) is 0 Å². The van der Waals surface area contributed by atoms with Crippen LogP contribution in [0.1, 0.15) is 45.4 Å². The van der Waals surface area contributed by atoms with Crippen molar-refractivity contribution in [2.75, 3.05) is 13.7 Å². The molecule has 17 heavy (non-hydrogen) atoms. The van der Waals surface area contributed by atoms with Gasteiger partial charge in [-0.1, -0.05) is 6.42 Å². The maximum absolute atomic E-state index is 12.1. The molecule has 0 aromatic carbocycles. The van der Waals surface area contributed by atoms with Gasteiger partial charge in [0.25, 0.3) is 0 Å². The first-order valence-electron chi connectivity index (χ1n) is 6.34. The zero-order valence-corrected chi connectivity index (χ0v) is 10.6. The Bertz CT molecular complexity index is 338. The largest absolute Gasteiger partial charge is 0.469 e. The minimum Gasteiger partial charge on any atom is -0.469 e. The summed E-state index contributed by atoms with van der Waals surface area (Å²) in [6.45, 7) is 2.23. The maximum Gasteiger partial charge on any atom is 0.312 e. The third kappa shape index (κ3) is 1.83. The van der Waals surface area contributed by atoms with E-state index in [1.807, 2.05) is 6.92 Å². The second kappa shape index (κ2) is 4.31. The van der Waals surface area contributed by atoms with Crippen LogP contribution in [0.4, 0.5) is 0 Å². The van der Waals surface area contributed by atoms with Crippen molar-refractivity contribution in [3.05, 3.63) is 0 Å². The van der Waals surface area contributed by atoms with E-state index in [-0.39, 0.29) is 11.9 Å². The van der Waals surface area contributed by atoms with E-state index in [9.17, 15) is 9.59 Å². The number of ether oxygens (including phenoxy) is 2. The van der Waals surface area contributed by atoms with Crippen LogP contribution in [-0.2, 0) is 19.1 Å². The van der Waals surface area contributed by atoms with Gasteiger partial charge < -0.3 is 9.47 Å². The monoisotopic (exact) mass is 240 g/mol. The molecule has 96 valence electrons. The summed E-state index contributed by atoms with van der Waals surface area (Å²) in [5, 5.41) is 0. The van der Waals surface area contributed by atoms with Crippen LogP contribution in [0, 0.1) is 10.8 Å². The zero-order valence-electron chi connectivity index (χ0n) is 10.6. The van der Waals surface area contributed by atoms with Crippen molar-refractivity contribution in [2.45, 2.75) is 45.4 Å². The lowest BCUT2D eigenvalue weighted by atomic mass is 9.69. The van der Waals surface area contributed by atoms with Crippen molar-refractivity contribution in [2.24, 2.45) is 10.8 Å². The molecule has 0 amide bonds. The molecule has 0 aliphatic heterocycles. The molecule has 0 N–H and O–H groups in total. The fraction of sp³-hybridized carbons (Fsp3) is 0.846. The molecule has 0 radical (unpaired) electrons. The van der Waals surface area contributed by atoms with Crippen LogP contribution in [0.3, 0.4) is 0 Å². The number of methoxy groups -OCH3 is 1. The highest BCUT2D eigenvalue weighted by Gasteiger charge is 2.59. The molecular weight excluding hydrogens is 220 g/mol. The number of fused-ring (bicyclic) bond motifs is 2. The van der Waals surface area contributed by atoms with Gasteiger partial charge in [-0.15, -0.1) is 0 Å². The molecule has 4 nitrogen and oxygen atoms in total. The summed E-state index contributed by atoms with van der Waals surface area (Å²) in [4.78, 5) is 24.0. The standard InChI is InChI=1S/C13H20O4/c1-3-17-11(15)13-6-4-5-12(9-13,7-8-13)10(14)16-2/h3-9H2,1-2H3. The Morgan fingerprint density at radius 1 is 1.06 bits per heavy atom. The maximum atomic E-state index is 12.1. The quantitative estimate of drug-likeness (QED) is 0.708. The lowest BCUT2D eigenvalue weighted by molar-refractivity contribution is -0.161. The predicted octanol–water partition coefficient (Wildman–Crippen LogP) is 2.06. The summed E-state index contributed by atoms with van der Waals surface area (Å²) in [6.07, 6.45) is 4.75. The van der Waals surface area contributed by atoms with Crippen LogP contribution >= 0.6 is 0 Å². The first-order valence-corrected chi connectivity index (χ1v) is 6.34. The van der Waals surface area contributed by atoms with E-state index in [1.54, 1.807) is 0 Å². The summed E-state index contributed by atoms with van der Waals surface area (Å²) in [7, 11) is 1.43. The van der Waals surface area contributed by atoms with Crippen LogP contribution < -0.4 is 0 Å². The van der Waals surface area contributed by atoms with Gasteiger partial charge in [-0.25, -0.2) is 0 Å². The van der Waals surface area contributed by atoms with E-state index < -0.39 is 10.8 Å². The molecule has 2 aliphatic rings. The van der Waals surface area contributed by atoms with E-state index in [0.29, 0.717) is 13.0 Å². The molecule has 2 bridgehead atoms. The molecule has 2 rings (SSSR count). The van der Waals surface area contributed by atoms with Crippen LogP contribution in [0.2, 0.25) is 0 Å². The highest BCUT2D eigenvalue weighted by molar-refractivity contribution is 5.83. The predicted molar refractivity (Wildman–Crippen MR) is 61.2 cm³/mol. The van der Waals surface area contributed by atoms with E-state index in [4.69, 9.17) is 9.47 Å². The minimum absolute atomic E-state index is 0.120. The highest BCUT2D eigenvalue weighted by atomic mass is 16.5.